The molecule has 9 N–H and O–H groups in total. The van der Waals surface area contributed by atoms with Crippen LogP contribution in [0.25, 0.3) is 0 Å². The maximum absolute atomic E-state index is 12.3. The van der Waals surface area contributed by atoms with Gasteiger partial charge in [-0.1, -0.05) is 90.9 Å². The number of carboxylic acid groups (broad SMARTS) is 2. The number of unbranched alkanes of at least 4 members (excludes halogenated alkanes) is 14. The molecule has 0 heterocycles. The van der Waals surface area contributed by atoms with Crippen molar-refractivity contribution >= 4 is 41.5 Å². The highest BCUT2D eigenvalue weighted by Crippen LogP contribution is 2.14. The van der Waals surface area contributed by atoms with Gasteiger partial charge < -0.3 is 61.5 Å². The third-order valence-corrected chi connectivity index (χ3v) is 10.3. The fourth-order valence-corrected chi connectivity index (χ4v) is 6.66. The molecular formula is C46H86N6O13. The number of ether oxygens (including phenoxy) is 4. The highest BCUT2D eigenvalue weighted by Gasteiger charge is 2.21. The summed E-state index contributed by atoms with van der Waals surface area (Å²) in [7, 11) is 0. The Bertz CT molecular complexity index is 1280. The smallest absolute Gasteiger partial charge is 0.326 e. The van der Waals surface area contributed by atoms with Crippen LogP contribution in [0.3, 0.4) is 0 Å². The summed E-state index contributed by atoms with van der Waals surface area (Å²) in [5.41, 5.74) is 5.42. The minimum absolute atomic E-state index is 0.0179. The SMILES string of the molecule is CC(C)NC(CCCCNC(=O)CCOCCOCCNC(=O)CCOCCOCCNC(=O)CCC(NC(=O)CCCCCCCCCCCCCCCCC(=O)O)C(=O)O)C(N)=O. The van der Waals surface area contributed by atoms with Gasteiger partial charge in [-0.25, -0.2) is 4.79 Å². The average Bonchev–Trinajstić information content (AvgIpc) is 3.25. The molecule has 0 saturated carbocycles. The number of nitrogens with two attached hydrogens (primary N) is 1. The Balaban J connectivity index is 3.64. The van der Waals surface area contributed by atoms with Gasteiger partial charge in [-0.3, -0.25) is 28.8 Å². The van der Waals surface area contributed by atoms with E-state index in [1.807, 2.05) is 13.8 Å². The number of rotatable bonds is 48. The summed E-state index contributed by atoms with van der Waals surface area (Å²) in [5, 5.41) is 32.1. The summed E-state index contributed by atoms with van der Waals surface area (Å²) in [6.07, 6.45) is 18.1. The van der Waals surface area contributed by atoms with Crippen molar-refractivity contribution in [2.75, 3.05) is 72.5 Å². The van der Waals surface area contributed by atoms with Crippen LogP contribution in [0.2, 0.25) is 0 Å². The van der Waals surface area contributed by atoms with E-state index in [0.29, 0.717) is 45.8 Å². The Labute approximate surface area is 387 Å². The summed E-state index contributed by atoms with van der Waals surface area (Å²) >= 11 is 0. The van der Waals surface area contributed by atoms with Crippen molar-refractivity contribution in [3.8, 4) is 0 Å². The number of aliphatic carboxylic acids is 2. The molecule has 19 heteroatoms. The van der Waals surface area contributed by atoms with Crippen LogP contribution in [0.5, 0.6) is 0 Å². The lowest BCUT2D eigenvalue weighted by atomic mass is 10.0. The van der Waals surface area contributed by atoms with E-state index < -0.39 is 18.0 Å². The number of amides is 5. The van der Waals surface area contributed by atoms with Crippen LogP contribution in [0, 0.1) is 0 Å². The monoisotopic (exact) mass is 931 g/mol. The standard InChI is InChI=1S/C46H86N6O13/c1-37(2)51-38(45(47)59)19-17-18-26-48-41(54)24-29-62-33-36-65-32-28-50-42(55)25-30-63-34-35-64-31-27-49-40(53)23-22-39(46(60)61)52-43(56)20-15-13-11-9-7-5-3-4-6-8-10-12-14-16-21-44(57)58/h37-39,51H,3-36H2,1-2H3,(H2,47,59)(H,48,54)(H,49,53)(H,50,55)(H,52,56)(H,57,58)(H,60,61). The predicted octanol–water partition coefficient (Wildman–Crippen LogP) is 3.88. The van der Waals surface area contributed by atoms with E-state index >= 15 is 0 Å². The summed E-state index contributed by atoms with van der Waals surface area (Å²) in [6.45, 7) is 7.20. The molecule has 5 amide bonds. The second-order valence-corrected chi connectivity index (χ2v) is 16.6. The van der Waals surface area contributed by atoms with Crippen molar-refractivity contribution < 1.29 is 62.7 Å². The predicted molar refractivity (Wildman–Crippen MR) is 247 cm³/mol. The van der Waals surface area contributed by atoms with Crippen molar-refractivity contribution in [2.45, 2.75) is 180 Å². The van der Waals surface area contributed by atoms with Gasteiger partial charge in [0.15, 0.2) is 0 Å². The number of primary amides is 1. The molecule has 0 aliphatic carbocycles. The zero-order valence-electron chi connectivity index (χ0n) is 39.7. The van der Waals surface area contributed by atoms with Gasteiger partial charge in [0, 0.05) is 57.8 Å². The van der Waals surface area contributed by atoms with Crippen LogP contribution in [0.1, 0.15) is 162 Å². The van der Waals surface area contributed by atoms with E-state index in [2.05, 4.69) is 26.6 Å². The first-order valence-electron chi connectivity index (χ1n) is 24.2. The number of carbonyl (C=O) groups is 7. The minimum atomic E-state index is -1.18. The Morgan fingerprint density at radius 1 is 0.431 bits per heavy atom. The lowest BCUT2D eigenvalue weighted by Gasteiger charge is -2.18. The van der Waals surface area contributed by atoms with Crippen molar-refractivity contribution in [3.63, 3.8) is 0 Å². The van der Waals surface area contributed by atoms with Crippen LogP contribution < -0.4 is 32.3 Å². The molecule has 0 spiro atoms. The van der Waals surface area contributed by atoms with Crippen molar-refractivity contribution in [1.82, 2.24) is 26.6 Å². The average molecular weight is 931 g/mol. The molecule has 65 heavy (non-hydrogen) atoms. The maximum Gasteiger partial charge on any atom is 0.326 e. The molecular weight excluding hydrogens is 845 g/mol. The third kappa shape index (κ3) is 43.7. The fraction of sp³-hybridized carbons (Fsp3) is 0.848. The zero-order valence-corrected chi connectivity index (χ0v) is 39.7. The molecule has 0 aromatic heterocycles. The molecule has 2 atom stereocenters. The van der Waals surface area contributed by atoms with E-state index in [1.54, 1.807) is 0 Å². The van der Waals surface area contributed by atoms with E-state index in [-0.39, 0.29) is 120 Å². The molecule has 0 saturated heterocycles. The molecule has 19 nitrogen and oxygen atoms in total. The van der Waals surface area contributed by atoms with Crippen LogP contribution in [-0.4, -0.2) is 142 Å². The van der Waals surface area contributed by atoms with Gasteiger partial charge in [-0.05, 0) is 38.5 Å². The van der Waals surface area contributed by atoms with Crippen LogP contribution in [-0.2, 0) is 52.5 Å². The zero-order chi connectivity index (χ0) is 48.2. The number of carbonyl (C=O) groups excluding carboxylic acids is 5. The molecule has 0 aromatic rings. The maximum atomic E-state index is 12.3. The Kier molecular flexibility index (Phi) is 41.3. The van der Waals surface area contributed by atoms with E-state index in [9.17, 15) is 38.7 Å². The number of hydrogen-bond donors (Lipinski definition) is 8. The lowest BCUT2D eigenvalue weighted by molar-refractivity contribution is -0.142. The Morgan fingerprint density at radius 3 is 1.28 bits per heavy atom. The van der Waals surface area contributed by atoms with Gasteiger partial charge in [0.1, 0.15) is 6.04 Å². The lowest BCUT2D eigenvalue weighted by Crippen LogP contribution is -2.44. The second kappa shape index (κ2) is 44.0. The van der Waals surface area contributed by atoms with Gasteiger partial charge >= 0.3 is 11.9 Å². The van der Waals surface area contributed by atoms with Gasteiger partial charge in [0.05, 0.1) is 58.9 Å². The summed E-state index contributed by atoms with van der Waals surface area (Å²) in [4.78, 5) is 82.2. The van der Waals surface area contributed by atoms with Crippen LogP contribution in [0.15, 0.2) is 0 Å². The quantitative estimate of drug-likeness (QED) is 0.0402. The topological polar surface area (TPSA) is 283 Å². The Hall–Kier alpha value is -3.91. The van der Waals surface area contributed by atoms with E-state index in [0.717, 1.165) is 51.4 Å². The van der Waals surface area contributed by atoms with Crippen LogP contribution >= 0.6 is 0 Å². The first-order chi connectivity index (χ1) is 31.3. The highest BCUT2D eigenvalue weighted by molar-refractivity contribution is 5.84. The fourth-order valence-electron chi connectivity index (χ4n) is 6.66. The third-order valence-electron chi connectivity index (χ3n) is 10.3. The molecule has 2 unspecified atom stereocenters. The van der Waals surface area contributed by atoms with Gasteiger partial charge in [-0.15, -0.1) is 0 Å². The summed E-state index contributed by atoms with van der Waals surface area (Å²) in [5.74, 6) is -3.21. The molecule has 0 aliphatic heterocycles. The largest absolute Gasteiger partial charge is 0.481 e. The number of hydrogen-bond acceptors (Lipinski definition) is 12. The number of carboxylic acids is 2. The normalized spacial score (nSPS) is 12.1. The molecule has 378 valence electrons. The highest BCUT2D eigenvalue weighted by atomic mass is 16.5. The molecule has 0 bridgehead atoms. The van der Waals surface area contributed by atoms with Gasteiger partial charge in [-0.2, -0.15) is 0 Å². The molecule has 0 rings (SSSR count). The van der Waals surface area contributed by atoms with E-state index in [4.69, 9.17) is 29.8 Å². The summed E-state index contributed by atoms with van der Waals surface area (Å²) in [6, 6.07) is -1.34. The molecule has 0 fully saturated rings. The van der Waals surface area contributed by atoms with Gasteiger partial charge in [0.2, 0.25) is 29.5 Å². The second-order valence-electron chi connectivity index (χ2n) is 16.6. The van der Waals surface area contributed by atoms with Crippen LogP contribution in [0.4, 0.5) is 0 Å². The van der Waals surface area contributed by atoms with Crippen molar-refractivity contribution in [3.05, 3.63) is 0 Å². The van der Waals surface area contributed by atoms with Crippen molar-refractivity contribution in [2.24, 2.45) is 5.73 Å². The van der Waals surface area contributed by atoms with Crippen molar-refractivity contribution in [1.29, 1.82) is 0 Å². The molecule has 0 aromatic carbocycles. The minimum Gasteiger partial charge on any atom is -0.481 e. The molecule has 0 radical (unpaired) electrons. The number of nitrogens with one attached hydrogen (secondary N) is 5. The van der Waals surface area contributed by atoms with Gasteiger partial charge in [0.25, 0.3) is 0 Å². The van der Waals surface area contributed by atoms with E-state index in [1.165, 1.54) is 44.9 Å². The Morgan fingerprint density at radius 2 is 0.846 bits per heavy atom. The first-order valence-corrected chi connectivity index (χ1v) is 24.2. The summed E-state index contributed by atoms with van der Waals surface area (Å²) < 4.78 is 21.7. The molecule has 0 aliphatic rings. The first kappa shape index (κ1) is 61.1.